The van der Waals surface area contributed by atoms with Crippen molar-refractivity contribution in [2.45, 2.75) is 62.9 Å². The molecule has 43 heavy (non-hydrogen) atoms. The second-order valence-corrected chi connectivity index (χ2v) is 13.2. The molecule has 0 aliphatic heterocycles. The van der Waals surface area contributed by atoms with Crippen molar-refractivity contribution in [1.29, 1.82) is 0 Å². The van der Waals surface area contributed by atoms with Gasteiger partial charge in [-0.15, -0.1) is 0 Å². The molecule has 3 aromatic rings. The first-order valence-electron chi connectivity index (χ1n) is 15.5. The van der Waals surface area contributed by atoms with Crippen LogP contribution in [0, 0.1) is 0 Å². The number of hydrogen-bond acceptors (Lipinski definition) is 3. The molecule has 0 saturated heterocycles. The van der Waals surface area contributed by atoms with E-state index in [1.807, 2.05) is 35.7 Å². The molecule has 1 unspecified atom stereocenters. The number of unbranched alkanes of at least 4 members (excludes halogenated alkanes) is 1. The van der Waals surface area contributed by atoms with Gasteiger partial charge in [0.1, 0.15) is 0 Å². The summed E-state index contributed by atoms with van der Waals surface area (Å²) in [6, 6.07) is 29.6. The summed E-state index contributed by atoms with van der Waals surface area (Å²) in [4.78, 5) is 10.6. The highest BCUT2D eigenvalue weighted by molar-refractivity contribution is 8.00. The van der Waals surface area contributed by atoms with E-state index in [1.165, 1.54) is 47.1 Å². The second-order valence-electron chi connectivity index (χ2n) is 10.5. The third-order valence-electron chi connectivity index (χ3n) is 6.96. The number of carbonyl (C=O) groups is 1. The van der Waals surface area contributed by atoms with Gasteiger partial charge < -0.3 is 5.11 Å². The Kier molecular flexibility index (Phi) is 17.1. The Morgan fingerprint density at radius 2 is 1.42 bits per heavy atom. The average Bonchev–Trinajstić information content (AvgIpc) is 3.05. The minimum Gasteiger partial charge on any atom is -0.481 e. The molecule has 3 aromatic carbocycles. The van der Waals surface area contributed by atoms with Crippen molar-refractivity contribution in [3.05, 3.63) is 137 Å². The number of rotatable bonds is 16. The topological polar surface area (TPSA) is 37.3 Å². The maximum atomic E-state index is 10.6. The molecule has 0 fully saturated rings. The van der Waals surface area contributed by atoms with Crippen molar-refractivity contribution in [1.82, 2.24) is 0 Å². The van der Waals surface area contributed by atoms with Gasteiger partial charge in [-0.2, -0.15) is 23.5 Å². The normalized spacial score (nSPS) is 13.5. The molecule has 226 valence electrons. The van der Waals surface area contributed by atoms with E-state index >= 15 is 0 Å². The van der Waals surface area contributed by atoms with Crippen LogP contribution in [0.2, 0.25) is 0 Å². The van der Waals surface area contributed by atoms with Gasteiger partial charge in [0.25, 0.3) is 0 Å². The van der Waals surface area contributed by atoms with E-state index in [0.29, 0.717) is 11.7 Å². The number of thioether (sulfide) groups is 2. The van der Waals surface area contributed by atoms with E-state index in [0.717, 1.165) is 36.5 Å². The Balaban J connectivity index is 0.000000299. The molecule has 1 N–H and O–H groups in total. The highest BCUT2D eigenvalue weighted by Gasteiger charge is 2.09. The lowest BCUT2D eigenvalue weighted by molar-refractivity contribution is -0.137. The Morgan fingerprint density at radius 3 is 2.00 bits per heavy atom. The lowest BCUT2D eigenvalue weighted by Crippen LogP contribution is -2.06. The zero-order valence-electron chi connectivity index (χ0n) is 25.4. The number of allylic oxidation sites excluding steroid dienone is 5. The van der Waals surface area contributed by atoms with Crippen LogP contribution in [0.4, 0.5) is 0 Å². The van der Waals surface area contributed by atoms with Crippen LogP contribution in [0.1, 0.15) is 74.1 Å². The van der Waals surface area contributed by atoms with Crippen LogP contribution in [0.5, 0.6) is 0 Å². The minimum absolute atomic E-state index is 0.300. The van der Waals surface area contributed by atoms with Crippen LogP contribution in [-0.4, -0.2) is 27.8 Å². The number of benzene rings is 3. The lowest BCUT2D eigenvalue weighted by atomic mass is 10.1. The minimum atomic E-state index is -0.679. The van der Waals surface area contributed by atoms with Crippen molar-refractivity contribution < 1.29 is 9.90 Å². The van der Waals surface area contributed by atoms with Gasteiger partial charge in [0, 0.05) is 17.4 Å². The van der Waals surface area contributed by atoms with Crippen molar-refractivity contribution >= 4 is 47.7 Å². The molecule has 1 aliphatic rings. The molecular formula is C39H46O2S2. The van der Waals surface area contributed by atoms with Crippen LogP contribution < -0.4 is 0 Å². The second kappa shape index (κ2) is 21.5. The van der Waals surface area contributed by atoms with E-state index in [9.17, 15) is 4.79 Å². The number of carboxylic acids is 1. The quantitative estimate of drug-likeness (QED) is 0.129. The summed E-state index contributed by atoms with van der Waals surface area (Å²) in [5, 5.41) is 9.41. The zero-order chi connectivity index (χ0) is 30.4. The Morgan fingerprint density at radius 1 is 0.791 bits per heavy atom. The Labute approximate surface area is 268 Å². The average molecular weight is 611 g/mol. The van der Waals surface area contributed by atoms with Gasteiger partial charge in [-0.1, -0.05) is 141 Å². The summed E-state index contributed by atoms with van der Waals surface area (Å²) in [5.41, 5.74) is 6.39. The van der Waals surface area contributed by atoms with Crippen LogP contribution in [0.15, 0.2) is 115 Å². The predicted molar refractivity (Wildman–Crippen MR) is 193 cm³/mol. The van der Waals surface area contributed by atoms with Crippen molar-refractivity contribution in [2.75, 3.05) is 11.5 Å². The lowest BCUT2D eigenvalue weighted by Gasteiger charge is -2.15. The standard InChI is InChI=1S/C25H32O2S2.C14H14/c1-2-29-24(10-6-7-11-25(26)27)18-19-28-20-23-16-14-22(15-17-23)13-12-21-8-4-3-5-9-21;1-3-7-13(8-4-1)11-12-14-9-5-2-6-10-14/h3-5,8-9,12-17,24H,2,6-7,10-11,18-20H2,1H3,(H,26,27);1,3-5,7-12H,2,6H2/b13-12+;12-11+. The summed E-state index contributed by atoms with van der Waals surface area (Å²) in [6.07, 6.45) is 22.1. The van der Waals surface area contributed by atoms with E-state index in [2.05, 4.69) is 122 Å². The molecule has 0 radical (unpaired) electrons. The van der Waals surface area contributed by atoms with Gasteiger partial charge >= 0.3 is 5.97 Å². The summed E-state index contributed by atoms with van der Waals surface area (Å²) >= 11 is 4.01. The van der Waals surface area contributed by atoms with Crippen LogP contribution in [-0.2, 0) is 10.5 Å². The molecule has 0 bridgehead atoms. The molecule has 0 spiro atoms. The first-order valence-corrected chi connectivity index (χ1v) is 17.7. The van der Waals surface area contributed by atoms with E-state index in [4.69, 9.17) is 5.11 Å². The van der Waals surface area contributed by atoms with Gasteiger partial charge in [0.15, 0.2) is 0 Å². The van der Waals surface area contributed by atoms with Crippen molar-refractivity contribution in [3.63, 3.8) is 0 Å². The van der Waals surface area contributed by atoms with Crippen molar-refractivity contribution in [3.8, 4) is 0 Å². The number of aliphatic carboxylic acids is 1. The summed E-state index contributed by atoms with van der Waals surface area (Å²) in [6.45, 7) is 2.20. The molecular weight excluding hydrogens is 565 g/mol. The fraction of sp³-hybridized carbons (Fsp3) is 0.308. The van der Waals surface area contributed by atoms with Crippen LogP contribution in [0.3, 0.4) is 0 Å². The third-order valence-corrected chi connectivity index (χ3v) is 9.30. The summed E-state index contributed by atoms with van der Waals surface area (Å²) < 4.78 is 0. The molecule has 0 amide bonds. The van der Waals surface area contributed by atoms with E-state index < -0.39 is 5.97 Å². The Hall–Kier alpha value is -3.21. The predicted octanol–water partition coefficient (Wildman–Crippen LogP) is 11.2. The van der Waals surface area contributed by atoms with E-state index in [1.54, 1.807) is 0 Å². The monoisotopic (exact) mass is 610 g/mol. The zero-order valence-corrected chi connectivity index (χ0v) is 27.1. The van der Waals surface area contributed by atoms with E-state index in [-0.39, 0.29) is 0 Å². The highest BCUT2D eigenvalue weighted by atomic mass is 32.2. The van der Waals surface area contributed by atoms with Gasteiger partial charge in [-0.25, -0.2) is 0 Å². The van der Waals surface area contributed by atoms with Crippen molar-refractivity contribution in [2.24, 2.45) is 0 Å². The SMILES string of the molecule is C1=CC(/C=C/c2ccccc2)=CCC1.CCSC(CCCCC(=O)O)CCSCc1ccc(/C=C/c2ccccc2)cc1. The van der Waals surface area contributed by atoms with Gasteiger partial charge in [0.2, 0.25) is 0 Å². The first kappa shape index (κ1) is 34.3. The Bertz CT molecular complexity index is 1290. The fourth-order valence-electron chi connectivity index (χ4n) is 4.60. The molecule has 0 heterocycles. The number of carboxylic acid groups (broad SMARTS) is 1. The molecule has 4 heteroatoms. The molecule has 0 aromatic heterocycles. The molecule has 1 aliphatic carbocycles. The maximum Gasteiger partial charge on any atom is 0.303 e. The summed E-state index contributed by atoms with van der Waals surface area (Å²) in [7, 11) is 0. The molecule has 1 atom stereocenters. The van der Waals surface area contributed by atoms with Crippen LogP contribution in [0.25, 0.3) is 18.2 Å². The molecule has 0 saturated carbocycles. The highest BCUT2D eigenvalue weighted by Crippen LogP contribution is 2.24. The fourth-order valence-corrected chi connectivity index (χ4v) is 6.86. The molecule has 2 nitrogen and oxygen atoms in total. The summed E-state index contributed by atoms with van der Waals surface area (Å²) in [5.74, 6) is 2.66. The number of hydrogen-bond donors (Lipinski definition) is 1. The van der Waals surface area contributed by atoms with Gasteiger partial charge in [0.05, 0.1) is 0 Å². The third kappa shape index (κ3) is 15.7. The first-order chi connectivity index (χ1) is 21.1. The van der Waals surface area contributed by atoms with Crippen LogP contribution >= 0.6 is 23.5 Å². The van der Waals surface area contributed by atoms with Gasteiger partial charge in [-0.3, -0.25) is 4.79 Å². The largest absolute Gasteiger partial charge is 0.481 e. The van der Waals surface area contributed by atoms with Gasteiger partial charge in [-0.05, 0) is 71.4 Å². The maximum absolute atomic E-state index is 10.6. The smallest absolute Gasteiger partial charge is 0.303 e. The molecule has 4 rings (SSSR count).